The molecule has 0 spiro atoms. The maximum Gasteiger partial charge on any atom is 0.245 e. The monoisotopic (exact) mass is 263 g/mol. The van der Waals surface area contributed by atoms with Crippen LogP contribution in [0, 0.1) is 6.92 Å². The largest absolute Gasteiger partial charge is 0.339 e. The van der Waals surface area contributed by atoms with Crippen LogP contribution in [-0.4, -0.2) is 34.3 Å². The van der Waals surface area contributed by atoms with Gasteiger partial charge in [0.2, 0.25) is 5.95 Å². The Morgan fingerprint density at radius 1 is 1.39 bits per heavy atom. The van der Waals surface area contributed by atoms with Crippen molar-refractivity contribution in [2.75, 3.05) is 18.0 Å². The van der Waals surface area contributed by atoms with Crippen LogP contribution >= 0.6 is 11.3 Å². The standard InChI is InChI=1S/C12H17N5S/c1-8-2-3-10(18-8)11-14-12(16-15-11)17-6-4-9(13)5-7-17/h2-3,9H,4-7,13H2,1H3,(H,14,15,16). The topological polar surface area (TPSA) is 70.8 Å². The lowest BCUT2D eigenvalue weighted by atomic mass is 10.1. The van der Waals surface area contributed by atoms with Gasteiger partial charge in [-0.3, -0.25) is 5.10 Å². The molecular formula is C12H17N5S. The van der Waals surface area contributed by atoms with Crippen molar-refractivity contribution < 1.29 is 0 Å². The molecular weight excluding hydrogens is 246 g/mol. The lowest BCUT2D eigenvalue weighted by molar-refractivity contribution is 0.496. The number of aryl methyl sites for hydroxylation is 1. The first kappa shape index (κ1) is 11.7. The molecule has 0 aromatic carbocycles. The number of aromatic amines is 1. The molecule has 0 unspecified atom stereocenters. The van der Waals surface area contributed by atoms with Crippen molar-refractivity contribution in [2.45, 2.75) is 25.8 Å². The second kappa shape index (κ2) is 4.70. The summed E-state index contributed by atoms with van der Waals surface area (Å²) in [5.41, 5.74) is 5.90. The zero-order valence-corrected chi connectivity index (χ0v) is 11.2. The second-order valence-corrected chi connectivity index (χ2v) is 6.01. The molecule has 1 aliphatic heterocycles. The highest BCUT2D eigenvalue weighted by atomic mass is 32.1. The third-order valence-electron chi connectivity index (χ3n) is 3.27. The van der Waals surface area contributed by atoms with Crippen molar-refractivity contribution in [3.8, 4) is 10.7 Å². The zero-order valence-electron chi connectivity index (χ0n) is 10.4. The molecule has 3 N–H and O–H groups in total. The molecule has 2 aromatic heterocycles. The SMILES string of the molecule is Cc1ccc(-c2nc(N3CCC(N)CC3)n[nH]2)s1. The van der Waals surface area contributed by atoms with Gasteiger partial charge in [-0.15, -0.1) is 16.4 Å². The highest BCUT2D eigenvalue weighted by Gasteiger charge is 2.19. The lowest BCUT2D eigenvalue weighted by Gasteiger charge is -2.28. The van der Waals surface area contributed by atoms with Gasteiger partial charge in [0.25, 0.3) is 0 Å². The Kier molecular flexibility index (Phi) is 3.05. The Morgan fingerprint density at radius 3 is 2.83 bits per heavy atom. The van der Waals surface area contributed by atoms with E-state index in [0.717, 1.165) is 42.6 Å². The maximum absolute atomic E-state index is 5.90. The van der Waals surface area contributed by atoms with Crippen molar-refractivity contribution in [3.05, 3.63) is 17.0 Å². The summed E-state index contributed by atoms with van der Waals surface area (Å²) in [5.74, 6) is 1.65. The molecule has 0 saturated carbocycles. The fourth-order valence-corrected chi connectivity index (χ4v) is 2.97. The molecule has 6 heteroatoms. The van der Waals surface area contributed by atoms with Gasteiger partial charge in [0.05, 0.1) is 4.88 Å². The number of aromatic nitrogens is 3. The molecule has 3 rings (SSSR count). The third-order valence-corrected chi connectivity index (χ3v) is 4.28. The van der Waals surface area contributed by atoms with Crippen LogP contribution in [0.1, 0.15) is 17.7 Å². The number of hydrogen-bond acceptors (Lipinski definition) is 5. The molecule has 96 valence electrons. The first-order valence-corrected chi connectivity index (χ1v) is 7.04. The molecule has 1 aliphatic rings. The summed E-state index contributed by atoms with van der Waals surface area (Å²) in [6.45, 7) is 3.99. The fraction of sp³-hybridized carbons (Fsp3) is 0.500. The third kappa shape index (κ3) is 2.26. The Labute approximate surface area is 110 Å². The average Bonchev–Trinajstić information content (AvgIpc) is 2.98. The van der Waals surface area contributed by atoms with Crippen molar-refractivity contribution in [3.63, 3.8) is 0 Å². The van der Waals surface area contributed by atoms with E-state index in [1.54, 1.807) is 11.3 Å². The van der Waals surface area contributed by atoms with E-state index in [-0.39, 0.29) is 0 Å². The Hall–Kier alpha value is -1.40. The molecule has 18 heavy (non-hydrogen) atoms. The van der Waals surface area contributed by atoms with Gasteiger partial charge in [0, 0.05) is 24.0 Å². The summed E-state index contributed by atoms with van der Waals surface area (Å²) < 4.78 is 0. The first-order chi connectivity index (χ1) is 8.72. The Bertz CT molecular complexity index is 524. The summed E-state index contributed by atoms with van der Waals surface area (Å²) >= 11 is 1.73. The second-order valence-electron chi connectivity index (χ2n) is 4.72. The van der Waals surface area contributed by atoms with E-state index in [4.69, 9.17) is 5.73 Å². The van der Waals surface area contributed by atoms with Crippen LogP contribution in [-0.2, 0) is 0 Å². The normalized spacial score (nSPS) is 17.3. The lowest BCUT2D eigenvalue weighted by Crippen LogP contribution is -2.40. The van der Waals surface area contributed by atoms with Gasteiger partial charge in [-0.1, -0.05) is 0 Å². The van der Waals surface area contributed by atoms with E-state index in [1.165, 1.54) is 4.88 Å². The van der Waals surface area contributed by atoms with Gasteiger partial charge in [0.15, 0.2) is 5.82 Å². The number of rotatable bonds is 2. The van der Waals surface area contributed by atoms with Crippen LogP contribution in [0.4, 0.5) is 5.95 Å². The van der Waals surface area contributed by atoms with Crippen LogP contribution in [0.15, 0.2) is 12.1 Å². The highest BCUT2D eigenvalue weighted by Crippen LogP contribution is 2.26. The minimum absolute atomic E-state index is 0.333. The summed E-state index contributed by atoms with van der Waals surface area (Å²) in [4.78, 5) is 9.19. The number of anilines is 1. The zero-order chi connectivity index (χ0) is 12.5. The molecule has 5 nitrogen and oxygen atoms in total. The van der Waals surface area contributed by atoms with Crippen molar-refractivity contribution >= 4 is 17.3 Å². The number of thiophene rings is 1. The number of nitrogens with two attached hydrogens (primary N) is 1. The molecule has 0 amide bonds. The van der Waals surface area contributed by atoms with Gasteiger partial charge in [-0.2, -0.15) is 4.98 Å². The smallest absolute Gasteiger partial charge is 0.245 e. The van der Waals surface area contributed by atoms with Gasteiger partial charge >= 0.3 is 0 Å². The first-order valence-electron chi connectivity index (χ1n) is 6.22. The number of nitrogens with one attached hydrogen (secondary N) is 1. The number of nitrogens with zero attached hydrogens (tertiary/aromatic N) is 3. The van der Waals surface area contributed by atoms with Gasteiger partial charge in [-0.05, 0) is 31.9 Å². The van der Waals surface area contributed by atoms with Crippen LogP contribution in [0.5, 0.6) is 0 Å². The molecule has 0 aliphatic carbocycles. The van der Waals surface area contributed by atoms with Gasteiger partial charge < -0.3 is 10.6 Å². The molecule has 0 bridgehead atoms. The number of piperidine rings is 1. The fourth-order valence-electron chi connectivity index (χ4n) is 2.17. The highest BCUT2D eigenvalue weighted by molar-refractivity contribution is 7.15. The molecule has 1 fully saturated rings. The quantitative estimate of drug-likeness (QED) is 0.866. The summed E-state index contributed by atoms with van der Waals surface area (Å²) in [6.07, 6.45) is 2.03. The molecule has 3 heterocycles. The maximum atomic E-state index is 5.90. The summed E-state index contributed by atoms with van der Waals surface area (Å²) in [7, 11) is 0. The van der Waals surface area contributed by atoms with E-state index < -0.39 is 0 Å². The molecule has 0 atom stereocenters. The average molecular weight is 263 g/mol. The predicted octanol–water partition coefficient (Wildman–Crippen LogP) is 1.77. The predicted molar refractivity (Wildman–Crippen MR) is 73.9 cm³/mol. The minimum atomic E-state index is 0.333. The van der Waals surface area contributed by atoms with E-state index in [2.05, 4.69) is 39.1 Å². The van der Waals surface area contributed by atoms with Crippen LogP contribution < -0.4 is 10.6 Å². The van der Waals surface area contributed by atoms with Crippen molar-refractivity contribution in [1.29, 1.82) is 0 Å². The molecule has 2 aromatic rings. The van der Waals surface area contributed by atoms with Crippen molar-refractivity contribution in [2.24, 2.45) is 5.73 Å². The van der Waals surface area contributed by atoms with Crippen LogP contribution in [0.25, 0.3) is 10.7 Å². The van der Waals surface area contributed by atoms with E-state index in [0.29, 0.717) is 6.04 Å². The molecule has 0 radical (unpaired) electrons. The van der Waals surface area contributed by atoms with E-state index >= 15 is 0 Å². The number of H-pyrrole nitrogens is 1. The van der Waals surface area contributed by atoms with Gasteiger partial charge in [0.1, 0.15) is 0 Å². The van der Waals surface area contributed by atoms with Gasteiger partial charge in [-0.25, -0.2) is 0 Å². The van der Waals surface area contributed by atoms with Crippen molar-refractivity contribution in [1.82, 2.24) is 15.2 Å². The Morgan fingerprint density at radius 2 is 2.17 bits per heavy atom. The Balaban J connectivity index is 1.77. The molecule has 1 saturated heterocycles. The van der Waals surface area contributed by atoms with Crippen LogP contribution in [0.2, 0.25) is 0 Å². The number of hydrogen-bond donors (Lipinski definition) is 2. The van der Waals surface area contributed by atoms with Crippen LogP contribution in [0.3, 0.4) is 0 Å². The summed E-state index contributed by atoms with van der Waals surface area (Å²) in [6, 6.07) is 4.51. The summed E-state index contributed by atoms with van der Waals surface area (Å²) in [5, 5.41) is 7.33. The van der Waals surface area contributed by atoms with E-state index in [9.17, 15) is 0 Å². The van der Waals surface area contributed by atoms with E-state index in [1.807, 2.05) is 0 Å². The minimum Gasteiger partial charge on any atom is -0.339 e.